The number of aliphatic carboxylic acids is 1. The van der Waals surface area contributed by atoms with Crippen LogP contribution in [0.5, 0.6) is 0 Å². The number of nitrogens with zero attached hydrogens (tertiary/aromatic N) is 1. The monoisotopic (exact) mass is 391 g/mol. The normalized spacial score (nSPS) is 30.5. The van der Waals surface area contributed by atoms with Crippen LogP contribution in [0.2, 0.25) is 0 Å². The molecule has 0 radical (unpaired) electrons. The van der Waals surface area contributed by atoms with E-state index in [1.165, 1.54) is 0 Å². The number of allylic oxidation sites excluding steroid dienone is 2. The predicted molar refractivity (Wildman–Crippen MR) is 105 cm³/mol. The molecule has 6 heteroatoms. The summed E-state index contributed by atoms with van der Waals surface area (Å²) in [6.07, 6.45) is 7.65. The van der Waals surface area contributed by atoms with Crippen LogP contribution in [0.3, 0.4) is 0 Å². The number of carbonyl (C=O) groups is 1. The molecule has 6 nitrogen and oxygen atoms in total. The second-order valence-electron chi connectivity index (χ2n) is 8.16. The van der Waals surface area contributed by atoms with E-state index in [1.54, 1.807) is 6.08 Å². The van der Waals surface area contributed by atoms with Gasteiger partial charge in [0.25, 0.3) is 0 Å². The van der Waals surface area contributed by atoms with Gasteiger partial charge < -0.3 is 20.1 Å². The summed E-state index contributed by atoms with van der Waals surface area (Å²) in [6.45, 7) is 4.17. The van der Waals surface area contributed by atoms with Crippen molar-refractivity contribution >= 4 is 5.97 Å². The van der Waals surface area contributed by atoms with E-state index in [-0.39, 0.29) is 30.3 Å². The summed E-state index contributed by atoms with van der Waals surface area (Å²) < 4.78 is 5.96. The molecule has 2 aliphatic rings. The first-order chi connectivity index (χ1) is 13.4. The van der Waals surface area contributed by atoms with E-state index in [0.717, 1.165) is 19.3 Å². The lowest BCUT2D eigenvalue weighted by atomic mass is 9.89. The summed E-state index contributed by atoms with van der Waals surface area (Å²) >= 11 is 0. The Bertz CT molecular complexity index is 635. The Kier molecular flexibility index (Phi) is 8.53. The predicted octanol–water partition coefficient (Wildman–Crippen LogP) is 3.55. The van der Waals surface area contributed by atoms with Gasteiger partial charge in [-0.3, -0.25) is 4.79 Å². The van der Waals surface area contributed by atoms with E-state index in [0.29, 0.717) is 37.0 Å². The summed E-state index contributed by atoms with van der Waals surface area (Å²) in [5.41, 5.74) is 0.515. The molecule has 28 heavy (non-hydrogen) atoms. The van der Waals surface area contributed by atoms with Gasteiger partial charge in [0.05, 0.1) is 23.9 Å². The Hall–Kier alpha value is -1.84. The number of rotatable bonds is 10. The Morgan fingerprint density at radius 3 is 2.79 bits per heavy atom. The smallest absolute Gasteiger partial charge is 0.303 e. The van der Waals surface area contributed by atoms with Crippen LogP contribution < -0.4 is 0 Å². The molecule has 1 saturated carbocycles. The molecule has 156 valence electrons. The van der Waals surface area contributed by atoms with Crippen LogP contribution >= 0.6 is 0 Å². The van der Waals surface area contributed by atoms with Crippen molar-refractivity contribution < 1.29 is 24.9 Å². The molecule has 0 spiro atoms. The average Bonchev–Trinajstić information content (AvgIpc) is 3.18. The van der Waals surface area contributed by atoms with Gasteiger partial charge in [0.15, 0.2) is 0 Å². The number of hydrogen-bond donors (Lipinski definition) is 3. The zero-order chi connectivity index (χ0) is 20.7. The second kappa shape index (κ2) is 10.6. The zero-order valence-corrected chi connectivity index (χ0v) is 16.9. The van der Waals surface area contributed by atoms with Gasteiger partial charge in [-0.2, -0.15) is 5.26 Å². The second-order valence-corrected chi connectivity index (χ2v) is 8.16. The van der Waals surface area contributed by atoms with Gasteiger partial charge in [-0.1, -0.05) is 38.8 Å². The van der Waals surface area contributed by atoms with Crippen LogP contribution in [-0.4, -0.2) is 39.6 Å². The van der Waals surface area contributed by atoms with Crippen molar-refractivity contribution in [3.8, 4) is 6.07 Å². The number of hydrogen-bond acceptors (Lipinski definition) is 5. The first-order valence-corrected chi connectivity index (χ1v) is 10.4. The highest BCUT2D eigenvalue weighted by Gasteiger charge is 2.47. The molecule has 1 heterocycles. The van der Waals surface area contributed by atoms with Crippen LogP contribution in [0.1, 0.15) is 65.2 Å². The van der Waals surface area contributed by atoms with Crippen molar-refractivity contribution in [1.82, 2.24) is 0 Å². The van der Waals surface area contributed by atoms with Crippen molar-refractivity contribution in [2.75, 3.05) is 0 Å². The molecule has 0 aromatic carbocycles. The first-order valence-electron chi connectivity index (χ1n) is 10.4. The fourth-order valence-electron chi connectivity index (χ4n) is 4.22. The molecule has 1 saturated heterocycles. The molecular weight excluding hydrogens is 358 g/mol. The quantitative estimate of drug-likeness (QED) is 0.388. The lowest BCUT2D eigenvalue weighted by Crippen LogP contribution is -2.20. The molecule has 0 bridgehead atoms. The van der Waals surface area contributed by atoms with Crippen molar-refractivity contribution in [3.63, 3.8) is 0 Å². The van der Waals surface area contributed by atoms with E-state index in [9.17, 15) is 20.3 Å². The third-order valence-electron chi connectivity index (χ3n) is 6.02. The maximum Gasteiger partial charge on any atom is 0.303 e. The molecule has 1 aliphatic heterocycles. The highest BCUT2D eigenvalue weighted by molar-refractivity contribution is 5.66. The first kappa shape index (κ1) is 22.4. The maximum atomic E-state index is 10.7. The van der Waals surface area contributed by atoms with Gasteiger partial charge in [-0.05, 0) is 25.2 Å². The van der Waals surface area contributed by atoms with Gasteiger partial charge in [-0.25, -0.2) is 0 Å². The number of aliphatic hydroxyl groups is 2. The number of unbranched alkanes of at least 4 members (excludes halogenated alkanes) is 1. The van der Waals surface area contributed by atoms with Crippen LogP contribution in [0, 0.1) is 29.1 Å². The minimum Gasteiger partial charge on any atom is -0.493 e. The van der Waals surface area contributed by atoms with Gasteiger partial charge in [0.2, 0.25) is 0 Å². The van der Waals surface area contributed by atoms with E-state index in [1.807, 2.05) is 13.0 Å². The van der Waals surface area contributed by atoms with E-state index < -0.39 is 18.2 Å². The summed E-state index contributed by atoms with van der Waals surface area (Å²) in [5, 5.41) is 38.9. The van der Waals surface area contributed by atoms with Crippen molar-refractivity contribution in [2.45, 2.75) is 83.5 Å². The zero-order valence-electron chi connectivity index (χ0n) is 16.9. The Morgan fingerprint density at radius 1 is 1.39 bits per heavy atom. The fraction of sp³-hybridized carbons (Fsp3) is 0.727. The number of carboxylic acids is 1. The fourth-order valence-corrected chi connectivity index (χ4v) is 4.22. The van der Waals surface area contributed by atoms with Gasteiger partial charge in [-0.15, -0.1) is 0 Å². The number of fused-ring (bicyclic) bond motifs is 1. The molecule has 3 N–H and O–H groups in total. The molecule has 0 amide bonds. The molecule has 0 aromatic rings. The van der Waals surface area contributed by atoms with Crippen LogP contribution in [0.15, 0.2) is 23.5 Å². The molecule has 2 rings (SSSR count). The SMILES string of the molecule is CCCCC(C)[C@H](O)/C=C/[C@H]1C(O)C[C@@H]2O/C(=C(/C#N)CCCC(=O)O)C[C@@H]21. The summed E-state index contributed by atoms with van der Waals surface area (Å²) in [4.78, 5) is 10.7. The number of nitriles is 1. The maximum absolute atomic E-state index is 10.7. The summed E-state index contributed by atoms with van der Waals surface area (Å²) in [6, 6.07) is 2.16. The molecule has 1 aliphatic carbocycles. The number of ether oxygens (including phenoxy) is 1. The summed E-state index contributed by atoms with van der Waals surface area (Å²) in [5.74, 6) is -0.0615. The molecule has 2 fully saturated rings. The number of carboxylic acid groups (broad SMARTS) is 1. The number of aliphatic hydroxyl groups excluding tert-OH is 2. The van der Waals surface area contributed by atoms with E-state index >= 15 is 0 Å². The minimum absolute atomic E-state index is 0.0312. The molecular formula is C22H33NO5. The standard InChI is InChI=1S/C22H33NO5/c1-3-4-6-14(2)18(24)10-9-16-17-11-20(28-21(17)12-19(16)25)15(13-23)7-5-8-22(26)27/h9-10,14,16-19,21,24-25H,3-8,11-12H2,1-2H3,(H,26,27)/b10-9+,20-15+/t14?,16-,17-,18-,19?,21+/m1/s1. The Balaban J connectivity index is 2.00. The topological polar surface area (TPSA) is 111 Å². The van der Waals surface area contributed by atoms with Crippen LogP contribution in [0.25, 0.3) is 0 Å². The summed E-state index contributed by atoms with van der Waals surface area (Å²) in [7, 11) is 0. The van der Waals surface area contributed by atoms with Gasteiger partial charge in [0.1, 0.15) is 11.9 Å². The van der Waals surface area contributed by atoms with Crippen molar-refractivity contribution in [1.29, 1.82) is 5.26 Å². The van der Waals surface area contributed by atoms with Gasteiger partial charge in [0, 0.05) is 31.1 Å². The van der Waals surface area contributed by atoms with Crippen molar-refractivity contribution in [2.24, 2.45) is 17.8 Å². The largest absolute Gasteiger partial charge is 0.493 e. The van der Waals surface area contributed by atoms with Crippen molar-refractivity contribution in [3.05, 3.63) is 23.5 Å². The molecule has 6 atom stereocenters. The van der Waals surface area contributed by atoms with Crippen LogP contribution in [-0.2, 0) is 9.53 Å². The Labute approximate surface area is 167 Å². The van der Waals surface area contributed by atoms with Crippen LogP contribution in [0.4, 0.5) is 0 Å². The lowest BCUT2D eigenvalue weighted by molar-refractivity contribution is -0.137. The van der Waals surface area contributed by atoms with E-state index in [2.05, 4.69) is 13.0 Å². The highest BCUT2D eigenvalue weighted by Crippen LogP contribution is 2.46. The lowest BCUT2D eigenvalue weighted by Gasteiger charge is -2.18. The van der Waals surface area contributed by atoms with Gasteiger partial charge >= 0.3 is 5.97 Å². The molecule has 2 unspecified atom stereocenters. The molecule has 0 aromatic heterocycles. The minimum atomic E-state index is -0.869. The highest BCUT2D eigenvalue weighted by atomic mass is 16.5. The van der Waals surface area contributed by atoms with E-state index in [4.69, 9.17) is 9.84 Å². The Morgan fingerprint density at radius 2 is 2.14 bits per heavy atom. The third kappa shape index (κ3) is 5.83. The average molecular weight is 392 g/mol. The third-order valence-corrected chi connectivity index (χ3v) is 6.02.